The van der Waals surface area contributed by atoms with Crippen molar-refractivity contribution in [1.29, 1.82) is 0 Å². The Morgan fingerprint density at radius 1 is 0.854 bits per heavy atom. The number of aryl methyl sites for hydroxylation is 1. The van der Waals surface area contributed by atoms with E-state index in [1.54, 1.807) is 18.3 Å². The Morgan fingerprint density at radius 3 is 2.20 bits per heavy atom. The van der Waals surface area contributed by atoms with Crippen LogP contribution in [-0.4, -0.2) is 27.7 Å². The molecule has 2 unspecified atom stereocenters. The van der Waals surface area contributed by atoms with Crippen molar-refractivity contribution in [3.05, 3.63) is 138 Å². The van der Waals surface area contributed by atoms with Crippen LogP contribution >= 0.6 is 12.2 Å². The fourth-order valence-corrected chi connectivity index (χ4v) is 5.44. The second kappa shape index (κ2) is 11.3. The number of hydrogen-bond donors (Lipinski definition) is 1. The van der Waals surface area contributed by atoms with Gasteiger partial charge in [-0.05, 0) is 104 Å². The molecule has 3 heterocycles. The Hall–Kier alpha value is -4.95. The van der Waals surface area contributed by atoms with Crippen LogP contribution in [0.15, 0.2) is 116 Å². The summed E-state index contributed by atoms with van der Waals surface area (Å²) in [6, 6.07) is 32.9. The highest BCUT2D eigenvalue weighted by molar-refractivity contribution is 7.80. The molecule has 1 saturated heterocycles. The molecule has 1 fully saturated rings. The standard InChI is InChI=1S/C33H28N4O3S/c1-22-8-16-26(17-9-22)40-27-18-14-25(15-19-27)37-31(30(35-33(37)41)28-6-3-4-20-34-28)29-7-5-21-36(29)24-12-10-23(11-13-24)32(38)39-2/h3-21,30-31H,1-2H3,(H,35,41). The molecule has 41 heavy (non-hydrogen) atoms. The Balaban J connectivity index is 1.37. The molecule has 0 radical (unpaired) electrons. The fourth-order valence-electron chi connectivity index (χ4n) is 5.10. The van der Waals surface area contributed by atoms with Crippen LogP contribution in [0.5, 0.6) is 11.5 Å². The third-order valence-electron chi connectivity index (χ3n) is 7.12. The highest BCUT2D eigenvalue weighted by atomic mass is 32.1. The van der Waals surface area contributed by atoms with Crippen molar-refractivity contribution >= 4 is 29.0 Å². The number of rotatable bonds is 7. The van der Waals surface area contributed by atoms with E-state index < -0.39 is 0 Å². The minimum absolute atomic E-state index is 0.199. The minimum atomic E-state index is -0.370. The zero-order chi connectivity index (χ0) is 28.3. The number of methoxy groups -OCH3 is 1. The van der Waals surface area contributed by atoms with Gasteiger partial charge in [-0.25, -0.2) is 4.79 Å². The summed E-state index contributed by atoms with van der Waals surface area (Å²) in [6.07, 6.45) is 3.80. The molecule has 3 aromatic carbocycles. The van der Waals surface area contributed by atoms with Crippen molar-refractivity contribution in [2.45, 2.75) is 19.0 Å². The van der Waals surface area contributed by atoms with Gasteiger partial charge in [-0.2, -0.15) is 0 Å². The average molecular weight is 561 g/mol. The van der Waals surface area contributed by atoms with E-state index in [2.05, 4.69) is 25.8 Å². The van der Waals surface area contributed by atoms with Crippen LogP contribution in [0, 0.1) is 6.92 Å². The van der Waals surface area contributed by atoms with Crippen LogP contribution in [0.2, 0.25) is 0 Å². The van der Waals surface area contributed by atoms with E-state index in [9.17, 15) is 4.79 Å². The summed E-state index contributed by atoms with van der Waals surface area (Å²) in [5.74, 6) is 1.15. The van der Waals surface area contributed by atoms with E-state index >= 15 is 0 Å². The molecule has 8 heteroatoms. The van der Waals surface area contributed by atoms with Crippen LogP contribution in [-0.2, 0) is 4.74 Å². The zero-order valence-electron chi connectivity index (χ0n) is 22.6. The summed E-state index contributed by atoms with van der Waals surface area (Å²) in [5, 5.41) is 4.12. The number of anilines is 1. The molecule has 1 N–H and O–H groups in total. The maximum Gasteiger partial charge on any atom is 0.337 e. The smallest absolute Gasteiger partial charge is 0.337 e. The molecule has 0 bridgehead atoms. The lowest BCUT2D eigenvalue weighted by atomic mass is 10.0. The van der Waals surface area contributed by atoms with E-state index in [0.717, 1.165) is 34.3 Å². The lowest BCUT2D eigenvalue weighted by Crippen LogP contribution is -2.30. The number of esters is 1. The quantitative estimate of drug-likeness (QED) is 0.171. The Labute approximate surface area is 244 Å². The van der Waals surface area contributed by atoms with Crippen LogP contribution in [0.3, 0.4) is 0 Å². The van der Waals surface area contributed by atoms with Gasteiger partial charge in [0.25, 0.3) is 0 Å². The SMILES string of the molecule is COC(=O)c1ccc(-n2cccc2C2C(c3ccccn3)NC(=S)N2c2ccc(Oc3ccc(C)cc3)cc2)cc1. The van der Waals surface area contributed by atoms with Gasteiger partial charge < -0.3 is 24.3 Å². The van der Waals surface area contributed by atoms with E-state index in [0.29, 0.717) is 10.7 Å². The second-order valence-electron chi connectivity index (χ2n) is 9.75. The first kappa shape index (κ1) is 26.3. The van der Waals surface area contributed by atoms with E-state index in [-0.39, 0.29) is 18.1 Å². The number of nitrogens with zero attached hydrogens (tertiary/aromatic N) is 3. The number of nitrogens with one attached hydrogen (secondary N) is 1. The second-order valence-corrected chi connectivity index (χ2v) is 10.1. The maximum atomic E-state index is 12.0. The zero-order valence-corrected chi connectivity index (χ0v) is 23.4. The first-order valence-electron chi connectivity index (χ1n) is 13.2. The van der Waals surface area contributed by atoms with Crippen molar-refractivity contribution in [3.8, 4) is 17.2 Å². The van der Waals surface area contributed by atoms with E-state index in [1.165, 1.54) is 12.7 Å². The Kier molecular flexibility index (Phi) is 7.22. The van der Waals surface area contributed by atoms with Crippen LogP contribution in [0.4, 0.5) is 5.69 Å². The number of benzene rings is 3. The van der Waals surface area contributed by atoms with Crippen LogP contribution in [0.1, 0.15) is 39.4 Å². The summed E-state index contributed by atoms with van der Waals surface area (Å²) in [4.78, 5) is 18.8. The van der Waals surface area contributed by atoms with Crippen molar-refractivity contribution < 1.29 is 14.3 Å². The summed E-state index contributed by atoms with van der Waals surface area (Å²) >= 11 is 5.91. The van der Waals surface area contributed by atoms with Crippen molar-refractivity contribution in [1.82, 2.24) is 14.9 Å². The van der Waals surface area contributed by atoms with E-state index in [4.69, 9.17) is 21.7 Å². The number of carbonyl (C=O) groups excluding carboxylic acids is 1. The van der Waals surface area contributed by atoms with Crippen molar-refractivity contribution in [2.75, 3.05) is 12.0 Å². The Morgan fingerprint density at radius 2 is 1.54 bits per heavy atom. The highest BCUT2D eigenvalue weighted by Gasteiger charge is 2.42. The van der Waals surface area contributed by atoms with Gasteiger partial charge in [0.15, 0.2) is 5.11 Å². The first-order valence-corrected chi connectivity index (χ1v) is 13.6. The van der Waals surface area contributed by atoms with Crippen LogP contribution < -0.4 is 15.0 Å². The number of aromatic nitrogens is 2. The topological polar surface area (TPSA) is 68.6 Å². The fraction of sp³-hybridized carbons (Fsp3) is 0.121. The molecular weight excluding hydrogens is 532 g/mol. The number of carbonyl (C=O) groups is 1. The molecule has 1 aliphatic heterocycles. The van der Waals surface area contributed by atoms with Gasteiger partial charge in [-0.3, -0.25) is 4.98 Å². The third-order valence-corrected chi connectivity index (χ3v) is 7.43. The molecule has 6 rings (SSSR count). The largest absolute Gasteiger partial charge is 0.465 e. The molecule has 0 saturated carbocycles. The van der Waals surface area contributed by atoms with Gasteiger partial charge in [0.2, 0.25) is 0 Å². The minimum Gasteiger partial charge on any atom is -0.465 e. The van der Waals surface area contributed by atoms with Crippen molar-refractivity contribution in [3.63, 3.8) is 0 Å². The number of thiocarbonyl (C=S) groups is 1. The maximum absolute atomic E-state index is 12.0. The number of ether oxygens (including phenoxy) is 2. The number of pyridine rings is 1. The summed E-state index contributed by atoms with van der Waals surface area (Å²) in [6.45, 7) is 2.05. The third kappa shape index (κ3) is 5.29. The Bertz CT molecular complexity index is 1670. The molecule has 204 valence electrons. The summed E-state index contributed by atoms with van der Waals surface area (Å²) in [5.41, 5.74) is 5.41. The predicted molar refractivity (Wildman–Crippen MR) is 163 cm³/mol. The van der Waals surface area contributed by atoms with Crippen LogP contribution in [0.25, 0.3) is 5.69 Å². The molecule has 0 amide bonds. The first-order chi connectivity index (χ1) is 20.0. The molecule has 2 aromatic heterocycles. The summed E-state index contributed by atoms with van der Waals surface area (Å²) in [7, 11) is 1.38. The number of hydrogen-bond acceptors (Lipinski definition) is 5. The van der Waals surface area contributed by atoms with Gasteiger partial charge in [-0.1, -0.05) is 23.8 Å². The van der Waals surface area contributed by atoms with Gasteiger partial charge in [0.05, 0.1) is 24.4 Å². The molecule has 0 spiro atoms. The van der Waals surface area contributed by atoms with Gasteiger partial charge in [0, 0.05) is 29.5 Å². The van der Waals surface area contributed by atoms with Gasteiger partial charge in [-0.15, -0.1) is 0 Å². The van der Waals surface area contributed by atoms with Gasteiger partial charge >= 0.3 is 5.97 Å². The monoisotopic (exact) mass is 560 g/mol. The highest BCUT2D eigenvalue weighted by Crippen LogP contribution is 2.42. The molecule has 1 aliphatic rings. The molecule has 7 nitrogen and oxygen atoms in total. The average Bonchev–Trinajstić information content (AvgIpc) is 3.63. The van der Waals surface area contributed by atoms with E-state index in [1.807, 2.05) is 98.0 Å². The van der Waals surface area contributed by atoms with Gasteiger partial charge in [0.1, 0.15) is 17.5 Å². The summed E-state index contributed by atoms with van der Waals surface area (Å²) < 4.78 is 13.0. The lowest BCUT2D eigenvalue weighted by Gasteiger charge is -2.29. The molecule has 0 aliphatic carbocycles. The van der Waals surface area contributed by atoms with Crippen molar-refractivity contribution in [2.24, 2.45) is 0 Å². The molecule has 5 aromatic rings. The lowest BCUT2D eigenvalue weighted by molar-refractivity contribution is 0.0600. The molecule has 2 atom stereocenters. The molecular formula is C33H28N4O3S. The normalized spacial score (nSPS) is 16.3. The predicted octanol–water partition coefficient (Wildman–Crippen LogP) is 6.94.